The summed E-state index contributed by atoms with van der Waals surface area (Å²) in [6.07, 6.45) is 0.726. The van der Waals surface area contributed by atoms with Crippen LogP contribution in [0.3, 0.4) is 0 Å². The minimum absolute atomic E-state index is 0.0191. The van der Waals surface area contributed by atoms with Crippen molar-refractivity contribution in [3.63, 3.8) is 0 Å². The first-order chi connectivity index (χ1) is 9.97. The van der Waals surface area contributed by atoms with Gasteiger partial charge in [-0.2, -0.15) is 0 Å². The van der Waals surface area contributed by atoms with Crippen molar-refractivity contribution in [1.29, 1.82) is 0 Å². The summed E-state index contributed by atoms with van der Waals surface area (Å²) < 4.78 is 6.01. The number of aromatic nitrogens is 2. The molecule has 1 aliphatic heterocycles. The molecule has 110 valence electrons. The van der Waals surface area contributed by atoms with Crippen molar-refractivity contribution >= 4 is 5.82 Å². The van der Waals surface area contributed by atoms with E-state index in [1.54, 1.807) is 0 Å². The lowest BCUT2D eigenvalue weighted by Gasteiger charge is -2.20. The molecule has 0 fully saturated rings. The molecule has 1 aromatic heterocycles. The van der Waals surface area contributed by atoms with Crippen LogP contribution >= 0.6 is 0 Å². The van der Waals surface area contributed by atoms with Crippen molar-refractivity contribution in [2.75, 3.05) is 12.4 Å². The van der Waals surface area contributed by atoms with Crippen LogP contribution in [0.2, 0.25) is 0 Å². The highest BCUT2D eigenvalue weighted by Crippen LogP contribution is 2.36. The maximum atomic E-state index is 6.01. The highest BCUT2D eigenvalue weighted by molar-refractivity contribution is 5.41. The molecule has 2 aromatic rings. The normalized spacial score (nSPS) is 17.2. The molecule has 0 bridgehead atoms. The number of rotatable bonds is 2. The van der Waals surface area contributed by atoms with Gasteiger partial charge in [-0.05, 0) is 11.6 Å². The first kappa shape index (κ1) is 13.9. The fourth-order valence-corrected chi connectivity index (χ4v) is 2.45. The average Bonchev–Trinajstić information content (AvgIpc) is 2.89. The second kappa shape index (κ2) is 5.02. The van der Waals surface area contributed by atoms with Gasteiger partial charge in [0.1, 0.15) is 11.6 Å². The third-order valence-electron chi connectivity index (χ3n) is 3.70. The Morgan fingerprint density at radius 3 is 2.62 bits per heavy atom. The average molecular weight is 283 g/mol. The van der Waals surface area contributed by atoms with Crippen LogP contribution in [-0.4, -0.2) is 17.0 Å². The monoisotopic (exact) mass is 283 g/mol. The molecule has 4 heteroatoms. The number of nitrogens with one attached hydrogen (secondary N) is 1. The molecule has 0 spiro atoms. The predicted molar refractivity (Wildman–Crippen MR) is 83.8 cm³/mol. The Labute approximate surface area is 125 Å². The van der Waals surface area contributed by atoms with Gasteiger partial charge >= 0.3 is 0 Å². The Kier molecular flexibility index (Phi) is 3.32. The van der Waals surface area contributed by atoms with Gasteiger partial charge in [-0.3, -0.25) is 0 Å². The molecule has 3 rings (SSSR count). The van der Waals surface area contributed by atoms with Crippen molar-refractivity contribution in [3.8, 4) is 5.75 Å². The molecule has 1 aliphatic rings. The Bertz CT molecular complexity index is 636. The number of para-hydroxylation sites is 1. The smallest absolute Gasteiger partial charge is 0.172 e. The third kappa shape index (κ3) is 2.71. The molecule has 4 nitrogen and oxygen atoms in total. The minimum atomic E-state index is -0.100. The van der Waals surface area contributed by atoms with E-state index in [0.717, 1.165) is 29.5 Å². The van der Waals surface area contributed by atoms with Gasteiger partial charge in [0.2, 0.25) is 0 Å². The van der Waals surface area contributed by atoms with Crippen LogP contribution in [0, 0.1) is 0 Å². The number of anilines is 1. The van der Waals surface area contributed by atoms with Crippen molar-refractivity contribution in [2.24, 2.45) is 0 Å². The van der Waals surface area contributed by atoms with Gasteiger partial charge in [-0.25, -0.2) is 9.97 Å². The van der Waals surface area contributed by atoms with Crippen molar-refractivity contribution in [3.05, 3.63) is 47.4 Å². The predicted octanol–water partition coefficient (Wildman–Crippen LogP) is 3.49. The van der Waals surface area contributed by atoms with E-state index in [9.17, 15) is 0 Å². The molecule has 2 heterocycles. The Balaban J connectivity index is 1.97. The van der Waals surface area contributed by atoms with Gasteiger partial charge in [0.05, 0.1) is 5.69 Å². The van der Waals surface area contributed by atoms with Crippen LogP contribution < -0.4 is 10.1 Å². The first-order valence-corrected chi connectivity index (χ1v) is 7.29. The molecule has 1 aromatic carbocycles. The Hall–Kier alpha value is -2.10. The van der Waals surface area contributed by atoms with E-state index in [-0.39, 0.29) is 11.5 Å². The maximum absolute atomic E-state index is 6.01. The number of benzene rings is 1. The van der Waals surface area contributed by atoms with Crippen LogP contribution in [0.25, 0.3) is 0 Å². The molecule has 1 N–H and O–H groups in total. The number of fused-ring (bicyclic) bond motifs is 1. The van der Waals surface area contributed by atoms with E-state index >= 15 is 0 Å². The minimum Gasteiger partial charge on any atom is -0.482 e. The molecule has 0 radical (unpaired) electrons. The van der Waals surface area contributed by atoms with E-state index in [4.69, 9.17) is 9.72 Å². The number of nitrogens with zero attached hydrogens (tertiary/aromatic N) is 2. The van der Waals surface area contributed by atoms with Crippen LogP contribution in [0.15, 0.2) is 30.3 Å². The van der Waals surface area contributed by atoms with Gasteiger partial charge in [-0.1, -0.05) is 39.0 Å². The largest absolute Gasteiger partial charge is 0.482 e. The number of hydrogen-bond donors (Lipinski definition) is 1. The number of hydrogen-bond acceptors (Lipinski definition) is 4. The van der Waals surface area contributed by atoms with E-state index in [1.807, 2.05) is 31.3 Å². The highest BCUT2D eigenvalue weighted by atomic mass is 16.5. The van der Waals surface area contributed by atoms with Crippen LogP contribution in [0.5, 0.6) is 5.75 Å². The molecule has 0 saturated heterocycles. The second-order valence-corrected chi connectivity index (χ2v) is 6.41. The van der Waals surface area contributed by atoms with E-state index in [0.29, 0.717) is 0 Å². The zero-order chi connectivity index (χ0) is 15.0. The third-order valence-corrected chi connectivity index (χ3v) is 3.70. The summed E-state index contributed by atoms with van der Waals surface area (Å²) in [5.74, 6) is 2.53. The van der Waals surface area contributed by atoms with Gasteiger partial charge in [0.25, 0.3) is 0 Å². The van der Waals surface area contributed by atoms with E-state index < -0.39 is 0 Å². The van der Waals surface area contributed by atoms with Crippen molar-refractivity contribution in [1.82, 2.24) is 9.97 Å². The van der Waals surface area contributed by atoms with Gasteiger partial charge in [0.15, 0.2) is 11.9 Å². The summed E-state index contributed by atoms with van der Waals surface area (Å²) >= 11 is 0. The first-order valence-electron chi connectivity index (χ1n) is 7.29. The molecule has 0 saturated carbocycles. The molecule has 21 heavy (non-hydrogen) atoms. The van der Waals surface area contributed by atoms with Crippen molar-refractivity contribution in [2.45, 2.75) is 38.7 Å². The highest BCUT2D eigenvalue weighted by Gasteiger charge is 2.28. The lowest BCUT2D eigenvalue weighted by atomic mass is 9.91. The lowest BCUT2D eigenvalue weighted by Crippen LogP contribution is -2.19. The molecular weight excluding hydrogens is 262 g/mol. The standard InChI is InChI=1S/C17H21N3O/c1-17(2,3)14-10-15(18-4)20-16(19-14)13-9-11-7-5-6-8-12(11)21-13/h5-8,10,13H,9H2,1-4H3,(H,18,19,20). The van der Waals surface area contributed by atoms with Crippen LogP contribution in [0.4, 0.5) is 5.82 Å². The van der Waals surface area contributed by atoms with Crippen molar-refractivity contribution < 1.29 is 4.74 Å². The summed E-state index contributed by atoms with van der Waals surface area (Å²) in [6.45, 7) is 6.47. The fraction of sp³-hybridized carbons (Fsp3) is 0.412. The van der Waals surface area contributed by atoms with Gasteiger partial charge in [-0.15, -0.1) is 0 Å². The van der Waals surface area contributed by atoms with E-state index in [2.05, 4.69) is 37.1 Å². The zero-order valence-corrected chi connectivity index (χ0v) is 13.0. The molecule has 0 aliphatic carbocycles. The van der Waals surface area contributed by atoms with Gasteiger partial charge in [0, 0.05) is 24.9 Å². The van der Waals surface area contributed by atoms with Crippen LogP contribution in [0.1, 0.15) is 44.0 Å². The fourth-order valence-electron chi connectivity index (χ4n) is 2.45. The summed E-state index contributed by atoms with van der Waals surface area (Å²) in [5.41, 5.74) is 2.23. The Morgan fingerprint density at radius 1 is 1.19 bits per heavy atom. The quantitative estimate of drug-likeness (QED) is 0.916. The molecule has 1 unspecified atom stereocenters. The topological polar surface area (TPSA) is 47.0 Å². The summed E-state index contributed by atoms with van der Waals surface area (Å²) in [5, 5.41) is 3.12. The SMILES string of the molecule is CNc1cc(C(C)(C)C)nc(C2Cc3ccccc3O2)n1. The second-order valence-electron chi connectivity index (χ2n) is 6.41. The zero-order valence-electron chi connectivity index (χ0n) is 13.0. The number of ether oxygens (including phenoxy) is 1. The molecule has 0 amide bonds. The Morgan fingerprint density at radius 2 is 1.95 bits per heavy atom. The van der Waals surface area contributed by atoms with Gasteiger partial charge < -0.3 is 10.1 Å². The lowest BCUT2D eigenvalue weighted by molar-refractivity contribution is 0.226. The summed E-state index contributed by atoms with van der Waals surface area (Å²) in [7, 11) is 1.88. The van der Waals surface area contributed by atoms with E-state index in [1.165, 1.54) is 5.56 Å². The molecular formula is C17H21N3O. The molecule has 1 atom stereocenters. The summed E-state index contributed by atoms with van der Waals surface area (Å²) in [4.78, 5) is 9.32. The van der Waals surface area contributed by atoms with Crippen LogP contribution in [-0.2, 0) is 11.8 Å². The summed E-state index contributed by atoms with van der Waals surface area (Å²) in [6, 6.07) is 10.1. The maximum Gasteiger partial charge on any atom is 0.172 e.